The van der Waals surface area contributed by atoms with Gasteiger partial charge >= 0.3 is 0 Å². The number of benzene rings is 2. The standard InChI is InChI=1S/C23H19Cl2N3O3S3/c24-16-8-4-10-18-21(16)26-23(32-18)27(14-15-6-2-1-3-7-15)22(29)17-9-5-13-28(17)34(30,31)20-12-11-19(25)33-20/h1-4,6-8,10-12,17H,5,9,13-14H2. The number of thiophene rings is 1. The molecule has 5 rings (SSSR count). The van der Waals surface area contributed by atoms with Gasteiger partial charge in [0.05, 0.1) is 20.6 Å². The highest BCUT2D eigenvalue weighted by atomic mass is 35.5. The average Bonchev–Trinajstić information content (AvgIpc) is 3.57. The zero-order valence-electron chi connectivity index (χ0n) is 17.7. The molecule has 11 heteroatoms. The van der Waals surface area contributed by atoms with Gasteiger partial charge in [-0.2, -0.15) is 4.31 Å². The Morgan fingerprint density at radius 1 is 1.06 bits per heavy atom. The van der Waals surface area contributed by atoms with E-state index in [1.165, 1.54) is 21.7 Å². The Labute approximate surface area is 215 Å². The molecule has 34 heavy (non-hydrogen) atoms. The summed E-state index contributed by atoms with van der Waals surface area (Å²) < 4.78 is 29.4. The minimum atomic E-state index is -3.85. The Balaban J connectivity index is 1.53. The second-order valence-electron chi connectivity index (χ2n) is 7.83. The fraction of sp³-hybridized carbons (Fsp3) is 0.217. The van der Waals surface area contributed by atoms with Gasteiger partial charge in [0, 0.05) is 6.54 Å². The number of sulfonamides is 1. The first-order chi connectivity index (χ1) is 16.3. The number of hydrogen-bond acceptors (Lipinski definition) is 6. The van der Waals surface area contributed by atoms with Crippen LogP contribution >= 0.6 is 45.9 Å². The zero-order valence-corrected chi connectivity index (χ0v) is 21.7. The molecule has 1 amide bonds. The molecular formula is C23H19Cl2N3O3S3. The topological polar surface area (TPSA) is 70.6 Å². The van der Waals surface area contributed by atoms with Gasteiger partial charge in [-0.05, 0) is 42.7 Å². The van der Waals surface area contributed by atoms with Crippen LogP contribution in [0.3, 0.4) is 0 Å². The lowest BCUT2D eigenvalue weighted by Gasteiger charge is -2.28. The first-order valence-electron chi connectivity index (χ1n) is 10.5. The van der Waals surface area contributed by atoms with Crippen molar-refractivity contribution in [2.45, 2.75) is 29.6 Å². The van der Waals surface area contributed by atoms with Crippen LogP contribution in [0.15, 0.2) is 64.9 Å². The first kappa shape index (κ1) is 23.7. The Bertz CT molecular complexity index is 1450. The predicted molar refractivity (Wildman–Crippen MR) is 139 cm³/mol. The molecule has 0 aliphatic carbocycles. The van der Waals surface area contributed by atoms with Gasteiger partial charge in [-0.25, -0.2) is 13.4 Å². The van der Waals surface area contributed by atoms with Gasteiger partial charge in [-0.15, -0.1) is 11.3 Å². The summed E-state index contributed by atoms with van der Waals surface area (Å²) in [6.07, 6.45) is 1.04. The summed E-state index contributed by atoms with van der Waals surface area (Å²) in [5, 5.41) is 0.993. The van der Waals surface area contributed by atoms with Crippen molar-refractivity contribution in [3.63, 3.8) is 0 Å². The number of anilines is 1. The predicted octanol–water partition coefficient (Wildman–Crippen LogP) is 6.05. The molecule has 1 fully saturated rings. The third-order valence-corrected chi connectivity index (χ3v) is 10.6. The molecule has 0 spiro atoms. The molecule has 1 aliphatic heterocycles. The molecule has 1 unspecified atom stereocenters. The number of carbonyl (C=O) groups is 1. The van der Waals surface area contributed by atoms with E-state index in [0.29, 0.717) is 32.8 Å². The summed E-state index contributed by atoms with van der Waals surface area (Å²) in [5.74, 6) is -0.303. The molecule has 0 saturated carbocycles. The molecule has 0 bridgehead atoms. The molecule has 1 aliphatic rings. The highest BCUT2D eigenvalue weighted by Crippen LogP contribution is 2.37. The second kappa shape index (κ2) is 9.56. The maximum atomic E-state index is 13.9. The lowest BCUT2D eigenvalue weighted by Crippen LogP contribution is -2.47. The van der Waals surface area contributed by atoms with Crippen LogP contribution in [0.4, 0.5) is 5.13 Å². The van der Waals surface area contributed by atoms with E-state index in [9.17, 15) is 13.2 Å². The summed E-state index contributed by atoms with van der Waals surface area (Å²) >= 11 is 14.7. The molecule has 1 atom stereocenters. The molecule has 6 nitrogen and oxygen atoms in total. The van der Waals surface area contributed by atoms with Gasteiger partial charge in [-0.3, -0.25) is 9.69 Å². The highest BCUT2D eigenvalue weighted by molar-refractivity contribution is 7.91. The summed E-state index contributed by atoms with van der Waals surface area (Å²) in [6.45, 7) is 0.547. The van der Waals surface area contributed by atoms with Crippen molar-refractivity contribution in [3.05, 3.63) is 75.6 Å². The van der Waals surface area contributed by atoms with Crippen molar-refractivity contribution in [3.8, 4) is 0 Å². The lowest BCUT2D eigenvalue weighted by molar-refractivity contribution is -0.121. The molecule has 2 aromatic carbocycles. The van der Waals surface area contributed by atoms with Crippen LogP contribution in [0.1, 0.15) is 18.4 Å². The first-order valence-corrected chi connectivity index (χ1v) is 14.3. The lowest BCUT2D eigenvalue weighted by atomic mass is 10.1. The van der Waals surface area contributed by atoms with Crippen molar-refractivity contribution in [2.24, 2.45) is 0 Å². The highest BCUT2D eigenvalue weighted by Gasteiger charge is 2.42. The summed E-state index contributed by atoms with van der Waals surface area (Å²) in [7, 11) is -3.85. The third kappa shape index (κ3) is 4.48. The van der Waals surface area contributed by atoms with E-state index >= 15 is 0 Å². The summed E-state index contributed by atoms with van der Waals surface area (Å²) in [4.78, 5) is 20.2. The monoisotopic (exact) mass is 551 g/mol. The van der Waals surface area contributed by atoms with Crippen LogP contribution in [-0.4, -0.2) is 36.2 Å². The fourth-order valence-electron chi connectivity index (χ4n) is 4.03. The van der Waals surface area contributed by atoms with E-state index in [0.717, 1.165) is 21.6 Å². The van der Waals surface area contributed by atoms with E-state index in [-0.39, 0.29) is 23.2 Å². The van der Waals surface area contributed by atoms with Gasteiger partial charge in [0.2, 0.25) is 5.91 Å². The van der Waals surface area contributed by atoms with Gasteiger partial charge in [0.25, 0.3) is 10.0 Å². The average molecular weight is 553 g/mol. The van der Waals surface area contributed by atoms with Crippen molar-refractivity contribution < 1.29 is 13.2 Å². The fourth-order valence-corrected chi connectivity index (χ4v) is 8.56. The van der Waals surface area contributed by atoms with E-state index in [4.69, 9.17) is 23.2 Å². The van der Waals surface area contributed by atoms with Gasteiger partial charge < -0.3 is 0 Å². The SMILES string of the molecule is O=C(C1CCCN1S(=O)(=O)c1ccc(Cl)s1)N(Cc1ccccc1)c1nc2c(Cl)cccc2s1. The van der Waals surface area contributed by atoms with Crippen LogP contribution in [0, 0.1) is 0 Å². The van der Waals surface area contributed by atoms with Crippen LogP contribution in [0.25, 0.3) is 10.2 Å². The summed E-state index contributed by atoms with van der Waals surface area (Å²) in [5.41, 5.74) is 1.54. The number of amides is 1. The number of halogens is 2. The second-order valence-corrected chi connectivity index (χ2v) is 13.1. The molecule has 2 aromatic heterocycles. The van der Waals surface area contributed by atoms with Crippen molar-refractivity contribution in [1.29, 1.82) is 0 Å². The number of carbonyl (C=O) groups excluding carboxylic acids is 1. The van der Waals surface area contributed by atoms with Crippen molar-refractivity contribution in [1.82, 2.24) is 9.29 Å². The van der Waals surface area contributed by atoms with Crippen molar-refractivity contribution in [2.75, 3.05) is 11.4 Å². The number of para-hydroxylation sites is 1. The van der Waals surface area contributed by atoms with Crippen molar-refractivity contribution >= 4 is 77.2 Å². The van der Waals surface area contributed by atoms with E-state index in [1.807, 2.05) is 42.5 Å². The minimum Gasteiger partial charge on any atom is -0.282 e. The molecule has 176 valence electrons. The largest absolute Gasteiger partial charge is 0.282 e. The molecular weight excluding hydrogens is 533 g/mol. The van der Waals surface area contributed by atoms with Crippen LogP contribution < -0.4 is 4.90 Å². The Morgan fingerprint density at radius 3 is 2.56 bits per heavy atom. The smallest absolute Gasteiger partial charge is 0.253 e. The van der Waals surface area contributed by atoms with Crippen LogP contribution in [0.2, 0.25) is 9.36 Å². The van der Waals surface area contributed by atoms with E-state index in [1.54, 1.807) is 17.0 Å². The van der Waals surface area contributed by atoms with E-state index < -0.39 is 16.1 Å². The van der Waals surface area contributed by atoms with E-state index in [2.05, 4.69) is 4.98 Å². The van der Waals surface area contributed by atoms with Gasteiger partial charge in [-0.1, -0.05) is 70.9 Å². The Kier molecular flexibility index (Phi) is 6.67. The maximum absolute atomic E-state index is 13.9. The van der Waals surface area contributed by atoms with Crippen LogP contribution in [0.5, 0.6) is 0 Å². The Hall–Kier alpha value is -2.01. The number of nitrogens with zero attached hydrogens (tertiary/aromatic N) is 3. The third-order valence-electron chi connectivity index (χ3n) is 5.64. The molecule has 0 radical (unpaired) electrons. The number of rotatable bonds is 6. The maximum Gasteiger partial charge on any atom is 0.253 e. The zero-order chi connectivity index (χ0) is 23.9. The van der Waals surface area contributed by atoms with Crippen LogP contribution in [-0.2, 0) is 21.4 Å². The molecule has 0 N–H and O–H groups in total. The number of hydrogen-bond donors (Lipinski definition) is 0. The molecule has 4 aromatic rings. The quantitative estimate of drug-likeness (QED) is 0.292. The minimum absolute atomic E-state index is 0.138. The van der Waals surface area contributed by atoms with Gasteiger partial charge in [0.1, 0.15) is 15.8 Å². The molecule has 1 saturated heterocycles. The normalized spacial score (nSPS) is 16.8. The Morgan fingerprint density at radius 2 is 1.85 bits per heavy atom. The number of aromatic nitrogens is 1. The number of thiazole rings is 1. The summed E-state index contributed by atoms with van der Waals surface area (Å²) in [6, 6.07) is 17.3. The van der Waals surface area contributed by atoms with Gasteiger partial charge in [0.15, 0.2) is 5.13 Å². The number of fused-ring (bicyclic) bond motifs is 1. The molecule has 3 heterocycles.